The van der Waals surface area contributed by atoms with Crippen LogP contribution in [0.5, 0.6) is 5.75 Å². The number of piperidine rings is 1. The molecule has 3 aromatic rings. The molecule has 1 aliphatic rings. The molecule has 0 atom stereocenters. The molecule has 0 aliphatic carbocycles. The lowest BCUT2D eigenvalue weighted by Gasteiger charge is -2.42. The van der Waals surface area contributed by atoms with E-state index in [1.165, 1.54) is 4.90 Å². The zero-order chi connectivity index (χ0) is 28.3. The second-order valence-corrected chi connectivity index (χ2v) is 11.3. The molecule has 12 heteroatoms. The molecule has 39 heavy (non-hydrogen) atoms. The predicted molar refractivity (Wildman–Crippen MR) is 139 cm³/mol. The van der Waals surface area contributed by atoms with Crippen molar-refractivity contribution in [1.29, 1.82) is 0 Å². The third-order valence-corrected chi connectivity index (χ3v) is 8.46. The van der Waals surface area contributed by atoms with E-state index in [4.69, 9.17) is 16.3 Å². The number of nitrogens with zero attached hydrogens (tertiary/aromatic N) is 1. The maximum Gasteiger partial charge on any atom is 0.573 e. The van der Waals surface area contributed by atoms with Crippen molar-refractivity contribution in [3.8, 4) is 5.75 Å². The molecule has 0 spiro atoms. The Morgan fingerprint density at radius 1 is 1.03 bits per heavy atom. The van der Waals surface area contributed by atoms with Gasteiger partial charge in [-0.25, -0.2) is 17.9 Å². The molecule has 0 unspecified atom stereocenters. The van der Waals surface area contributed by atoms with Gasteiger partial charge in [-0.15, -0.1) is 13.2 Å². The van der Waals surface area contributed by atoms with Crippen LogP contribution in [0.2, 0.25) is 5.02 Å². The first-order chi connectivity index (χ1) is 18.4. The van der Waals surface area contributed by atoms with E-state index < -0.39 is 33.8 Å². The average molecular weight is 583 g/mol. The van der Waals surface area contributed by atoms with Crippen molar-refractivity contribution in [2.75, 3.05) is 13.1 Å². The molecule has 1 saturated heterocycles. The smallest absolute Gasteiger partial charge is 0.445 e. The van der Waals surface area contributed by atoms with Gasteiger partial charge in [-0.3, -0.25) is 0 Å². The van der Waals surface area contributed by atoms with Gasteiger partial charge in [0, 0.05) is 18.1 Å². The number of rotatable bonds is 7. The molecule has 1 fully saturated rings. The molecule has 0 bridgehead atoms. The highest BCUT2D eigenvalue weighted by atomic mass is 35.5. The van der Waals surface area contributed by atoms with Gasteiger partial charge in [0.2, 0.25) is 10.0 Å². The summed E-state index contributed by atoms with van der Waals surface area (Å²) in [6.07, 6.45) is -4.96. The highest BCUT2D eigenvalue weighted by Gasteiger charge is 2.41. The molecule has 0 aromatic heterocycles. The van der Waals surface area contributed by atoms with Crippen LogP contribution in [0.4, 0.5) is 18.0 Å². The van der Waals surface area contributed by atoms with Gasteiger partial charge in [0.05, 0.1) is 10.4 Å². The number of carbonyl (C=O) groups is 1. The Kier molecular flexibility index (Phi) is 8.43. The fourth-order valence-electron chi connectivity index (χ4n) is 4.41. The summed E-state index contributed by atoms with van der Waals surface area (Å²) in [5.74, 6) is -0.535. The molecule has 1 heterocycles. The Morgan fingerprint density at radius 2 is 1.67 bits per heavy atom. The zero-order valence-electron chi connectivity index (χ0n) is 20.9. The second kappa shape index (κ2) is 11.4. The molecule has 1 aliphatic heterocycles. The minimum absolute atomic E-state index is 0.109. The highest BCUT2D eigenvalue weighted by Crippen LogP contribution is 2.37. The molecular weight excluding hydrogens is 557 g/mol. The van der Waals surface area contributed by atoms with Gasteiger partial charge < -0.3 is 14.4 Å². The Hall–Kier alpha value is -3.28. The fourth-order valence-corrected chi connectivity index (χ4v) is 5.98. The topological polar surface area (TPSA) is 84.9 Å². The van der Waals surface area contributed by atoms with Crippen molar-refractivity contribution in [3.63, 3.8) is 0 Å². The molecule has 208 valence electrons. The van der Waals surface area contributed by atoms with Crippen LogP contribution in [0.1, 0.15) is 29.5 Å². The summed E-state index contributed by atoms with van der Waals surface area (Å²) in [6, 6.07) is 18.4. The number of carbonyl (C=O) groups excluding carboxylic acids is 1. The molecular formula is C27H26ClF3N2O5S. The van der Waals surface area contributed by atoms with E-state index in [1.54, 1.807) is 25.1 Å². The van der Waals surface area contributed by atoms with Crippen molar-refractivity contribution < 1.29 is 35.9 Å². The monoisotopic (exact) mass is 582 g/mol. The number of halogens is 4. The quantitative estimate of drug-likeness (QED) is 0.361. The number of likely N-dealkylation sites (tertiary alicyclic amines) is 1. The van der Waals surface area contributed by atoms with E-state index in [9.17, 15) is 26.4 Å². The van der Waals surface area contributed by atoms with E-state index in [0.717, 1.165) is 35.4 Å². The lowest BCUT2D eigenvalue weighted by atomic mass is 9.81. The maximum absolute atomic E-state index is 13.4. The average Bonchev–Trinajstić information content (AvgIpc) is 2.89. The highest BCUT2D eigenvalue weighted by molar-refractivity contribution is 7.89. The lowest BCUT2D eigenvalue weighted by molar-refractivity contribution is -0.274. The summed E-state index contributed by atoms with van der Waals surface area (Å²) in [5, 5.41) is 0.513. The van der Waals surface area contributed by atoms with Crippen LogP contribution in [0.25, 0.3) is 0 Å². The SMILES string of the molecule is Cc1cc(C2(NS(=O)(=O)c3ccc(OC(F)(F)F)cc3)CCN(C(=O)OCc3ccccc3)CC2)ccc1Cl. The number of amides is 1. The zero-order valence-corrected chi connectivity index (χ0v) is 22.4. The normalized spacial score (nSPS) is 15.6. The molecule has 0 saturated carbocycles. The van der Waals surface area contributed by atoms with Gasteiger partial charge in [0.25, 0.3) is 0 Å². The second-order valence-electron chi connectivity index (χ2n) is 9.20. The van der Waals surface area contributed by atoms with Gasteiger partial charge in [-0.1, -0.05) is 54.1 Å². The fraction of sp³-hybridized carbons (Fsp3) is 0.296. The first-order valence-corrected chi connectivity index (χ1v) is 13.9. The summed E-state index contributed by atoms with van der Waals surface area (Å²) in [5.41, 5.74) is 1.13. The van der Waals surface area contributed by atoms with Gasteiger partial charge in [0.1, 0.15) is 12.4 Å². The minimum Gasteiger partial charge on any atom is -0.445 e. The van der Waals surface area contributed by atoms with Crippen LogP contribution in [0, 0.1) is 6.92 Å². The maximum atomic E-state index is 13.4. The minimum atomic E-state index is -4.90. The van der Waals surface area contributed by atoms with Gasteiger partial charge in [-0.05, 0) is 66.8 Å². The summed E-state index contributed by atoms with van der Waals surface area (Å²) in [6.45, 7) is 2.31. The first kappa shape index (κ1) is 28.7. The summed E-state index contributed by atoms with van der Waals surface area (Å²) >= 11 is 6.20. The third kappa shape index (κ3) is 7.23. The molecule has 4 rings (SSSR count). The van der Waals surface area contributed by atoms with Crippen LogP contribution in [0.3, 0.4) is 0 Å². The standard InChI is InChI=1S/C27H26ClF3N2O5S/c1-19-17-21(7-12-24(19)28)26(32-39(35,36)23-10-8-22(9-11-23)38-27(29,30)31)13-15-33(16-14-26)25(34)37-18-20-5-3-2-4-6-20/h2-12,17,32H,13-16,18H2,1H3. The van der Waals surface area contributed by atoms with Crippen molar-refractivity contribution in [2.24, 2.45) is 0 Å². The number of hydrogen-bond acceptors (Lipinski definition) is 5. The third-order valence-electron chi connectivity index (χ3n) is 6.49. The number of ether oxygens (including phenoxy) is 2. The van der Waals surface area contributed by atoms with Crippen LogP contribution in [-0.4, -0.2) is 38.9 Å². The van der Waals surface area contributed by atoms with E-state index in [1.807, 2.05) is 30.3 Å². The number of hydrogen-bond donors (Lipinski definition) is 1. The van der Waals surface area contributed by atoms with Gasteiger partial charge in [0.15, 0.2) is 0 Å². The number of aryl methyl sites for hydroxylation is 1. The van der Waals surface area contributed by atoms with Crippen molar-refractivity contribution in [2.45, 2.75) is 43.2 Å². The number of alkyl halides is 3. The Morgan fingerprint density at radius 3 is 2.26 bits per heavy atom. The van der Waals surface area contributed by atoms with E-state index in [2.05, 4.69) is 9.46 Å². The van der Waals surface area contributed by atoms with Gasteiger partial charge in [-0.2, -0.15) is 0 Å². The van der Waals surface area contributed by atoms with Crippen LogP contribution in [-0.2, 0) is 26.9 Å². The number of sulfonamides is 1. The summed E-state index contributed by atoms with van der Waals surface area (Å²) < 4.78 is 76.3. The Balaban J connectivity index is 1.54. The molecule has 0 radical (unpaired) electrons. The van der Waals surface area contributed by atoms with E-state index >= 15 is 0 Å². The Labute approximate surface area is 229 Å². The molecule has 1 N–H and O–H groups in total. The summed E-state index contributed by atoms with van der Waals surface area (Å²) in [7, 11) is -4.19. The predicted octanol–water partition coefficient (Wildman–Crippen LogP) is 6.15. The lowest BCUT2D eigenvalue weighted by Crippen LogP contribution is -2.54. The van der Waals surface area contributed by atoms with E-state index in [0.29, 0.717) is 10.6 Å². The number of benzene rings is 3. The molecule has 3 aromatic carbocycles. The first-order valence-electron chi connectivity index (χ1n) is 12.0. The van der Waals surface area contributed by atoms with Crippen LogP contribution >= 0.6 is 11.6 Å². The van der Waals surface area contributed by atoms with Crippen LogP contribution in [0.15, 0.2) is 77.7 Å². The summed E-state index contributed by atoms with van der Waals surface area (Å²) in [4.78, 5) is 14.0. The molecule has 1 amide bonds. The van der Waals surface area contributed by atoms with Crippen molar-refractivity contribution >= 4 is 27.7 Å². The largest absolute Gasteiger partial charge is 0.573 e. The van der Waals surface area contributed by atoms with Crippen molar-refractivity contribution in [3.05, 3.63) is 94.5 Å². The van der Waals surface area contributed by atoms with Crippen LogP contribution < -0.4 is 9.46 Å². The van der Waals surface area contributed by atoms with Gasteiger partial charge >= 0.3 is 12.5 Å². The number of nitrogens with one attached hydrogen (secondary N) is 1. The Bertz CT molecular complexity index is 1410. The van der Waals surface area contributed by atoms with Crippen molar-refractivity contribution in [1.82, 2.24) is 9.62 Å². The van der Waals surface area contributed by atoms with E-state index in [-0.39, 0.29) is 37.4 Å². The molecule has 7 nitrogen and oxygen atoms in total.